The van der Waals surface area contributed by atoms with E-state index in [9.17, 15) is 0 Å². The topological polar surface area (TPSA) is 88.5 Å². The highest BCUT2D eigenvalue weighted by atomic mass is 32.1. The summed E-state index contributed by atoms with van der Waals surface area (Å²) in [5.74, 6) is 0.601. The van der Waals surface area contributed by atoms with Crippen molar-refractivity contribution in [2.45, 2.75) is 6.54 Å². The number of thiazole rings is 1. The van der Waals surface area contributed by atoms with Gasteiger partial charge < -0.3 is 15.5 Å². The predicted molar refractivity (Wildman–Crippen MR) is 103 cm³/mol. The number of hydrogen-bond donors (Lipinski definition) is 1. The van der Waals surface area contributed by atoms with Crippen molar-refractivity contribution in [3.8, 4) is 5.69 Å². The number of aliphatic imine (C=N–C) groups is 1. The summed E-state index contributed by atoms with van der Waals surface area (Å²) in [4.78, 5) is 17.3. The van der Waals surface area contributed by atoms with E-state index in [1.54, 1.807) is 22.3 Å². The lowest BCUT2D eigenvalue weighted by molar-refractivity contribution is 0.380. The Morgan fingerprint density at radius 3 is 2.62 bits per heavy atom. The van der Waals surface area contributed by atoms with Gasteiger partial charge in [0, 0.05) is 37.8 Å². The van der Waals surface area contributed by atoms with Crippen LogP contribution in [0.3, 0.4) is 0 Å². The number of anilines is 1. The maximum atomic E-state index is 6.19. The van der Waals surface area contributed by atoms with Gasteiger partial charge in [-0.15, -0.1) is 11.3 Å². The second-order valence-electron chi connectivity index (χ2n) is 5.97. The Morgan fingerprint density at radius 2 is 1.96 bits per heavy atom. The van der Waals surface area contributed by atoms with Crippen molar-refractivity contribution in [2.75, 3.05) is 31.1 Å². The minimum atomic E-state index is 0.566. The predicted octanol–water partition coefficient (Wildman–Crippen LogP) is 1.36. The number of guanidine groups is 1. The first-order chi connectivity index (χ1) is 12.8. The summed E-state index contributed by atoms with van der Waals surface area (Å²) in [7, 11) is 0. The van der Waals surface area contributed by atoms with Crippen LogP contribution in [0.1, 0.15) is 5.56 Å². The summed E-state index contributed by atoms with van der Waals surface area (Å²) >= 11 is 1.67. The second-order valence-corrected chi connectivity index (χ2v) is 6.84. The third-order valence-electron chi connectivity index (χ3n) is 4.34. The smallest absolute Gasteiger partial charge is 0.191 e. The molecule has 1 fully saturated rings. The Morgan fingerprint density at radius 1 is 1.15 bits per heavy atom. The lowest BCUT2D eigenvalue weighted by atomic mass is 10.2. The normalized spacial score (nSPS) is 15.5. The molecule has 0 amide bonds. The maximum Gasteiger partial charge on any atom is 0.191 e. The largest absolute Gasteiger partial charge is 0.370 e. The van der Waals surface area contributed by atoms with Crippen LogP contribution in [-0.2, 0) is 6.54 Å². The first-order valence-corrected chi connectivity index (χ1v) is 9.31. The van der Waals surface area contributed by atoms with Crippen molar-refractivity contribution in [1.29, 1.82) is 0 Å². The van der Waals surface area contributed by atoms with Gasteiger partial charge in [0.15, 0.2) is 11.1 Å². The average molecular weight is 368 g/mol. The van der Waals surface area contributed by atoms with Gasteiger partial charge >= 0.3 is 0 Å². The molecule has 8 nitrogen and oxygen atoms in total. The number of benzene rings is 1. The van der Waals surface area contributed by atoms with E-state index in [1.807, 2.05) is 35.8 Å². The fourth-order valence-electron chi connectivity index (χ4n) is 2.87. The summed E-state index contributed by atoms with van der Waals surface area (Å²) in [6.07, 6.45) is 5.04. The molecule has 9 heteroatoms. The van der Waals surface area contributed by atoms with Crippen molar-refractivity contribution in [3.63, 3.8) is 0 Å². The summed E-state index contributed by atoms with van der Waals surface area (Å²) in [6, 6.07) is 8.08. The molecule has 0 saturated carbocycles. The van der Waals surface area contributed by atoms with Crippen molar-refractivity contribution >= 4 is 22.4 Å². The quantitative estimate of drug-likeness (QED) is 0.553. The summed E-state index contributed by atoms with van der Waals surface area (Å²) in [5.41, 5.74) is 8.27. The van der Waals surface area contributed by atoms with E-state index in [-0.39, 0.29) is 0 Å². The molecule has 1 aromatic carbocycles. The molecular formula is C17H20N8S. The van der Waals surface area contributed by atoms with Crippen LogP contribution in [0.2, 0.25) is 0 Å². The molecule has 1 aliphatic heterocycles. The fourth-order valence-corrected chi connectivity index (χ4v) is 3.56. The molecule has 0 aliphatic carbocycles. The van der Waals surface area contributed by atoms with Crippen LogP contribution in [0.15, 0.2) is 53.5 Å². The van der Waals surface area contributed by atoms with E-state index in [2.05, 4.69) is 29.9 Å². The van der Waals surface area contributed by atoms with Crippen LogP contribution >= 0.6 is 11.3 Å². The van der Waals surface area contributed by atoms with E-state index in [0.717, 1.165) is 42.6 Å². The molecule has 0 spiro atoms. The molecule has 0 unspecified atom stereocenters. The SMILES string of the molecule is NC(=NCc1ccc(-n2cncn2)cc1)N1CCN(c2nccs2)CC1. The van der Waals surface area contributed by atoms with Gasteiger partial charge in [0.2, 0.25) is 0 Å². The van der Waals surface area contributed by atoms with Crippen molar-refractivity contribution in [1.82, 2.24) is 24.6 Å². The zero-order chi connectivity index (χ0) is 17.8. The zero-order valence-electron chi connectivity index (χ0n) is 14.3. The summed E-state index contributed by atoms with van der Waals surface area (Å²) in [6.45, 7) is 4.11. The highest BCUT2D eigenvalue weighted by molar-refractivity contribution is 7.13. The third-order valence-corrected chi connectivity index (χ3v) is 5.17. The van der Waals surface area contributed by atoms with E-state index < -0.39 is 0 Å². The van der Waals surface area contributed by atoms with E-state index in [1.165, 1.54) is 6.33 Å². The molecule has 3 heterocycles. The number of nitrogens with zero attached hydrogens (tertiary/aromatic N) is 7. The molecule has 0 atom stereocenters. The monoisotopic (exact) mass is 368 g/mol. The van der Waals surface area contributed by atoms with Gasteiger partial charge in [0.05, 0.1) is 12.2 Å². The lowest BCUT2D eigenvalue weighted by Crippen LogP contribution is -2.51. The molecule has 3 aromatic rings. The van der Waals surface area contributed by atoms with Gasteiger partial charge in [0.25, 0.3) is 0 Å². The third kappa shape index (κ3) is 3.67. The van der Waals surface area contributed by atoms with Gasteiger partial charge in [-0.2, -0.15) is 5.10 Å². The van der Waals surface area contributed by atoms with Gasteiger partial charge in [-0.3, -0.25) is 0 Å². The van der Waals surface area contributed by atoms with Gasteiger partial charge in [0.1, 0.15) is 12.7 Å². The molecule has 2 aromatic heterocycles. The minimum absolute atomic E-state index is 0.566. The highest BCUT2D eigenvalue weighted by Gasteiger charge is 2.19. The molecule has 0 radical (unpaired) electrons. The number of piperazine rings is 1. The van der Waals surface area contributed by atoms with Crippen LogP contribution in [0.5, 0.6) is 0 Å². The Labute approximate surface area is 155 Å². The minimum Gasteiger partial charge on any atom is -0.370 e. The molecule has 134 valence electrons. The Kier molecular flexibility index (Phi) is 4.78. The molecule has 1 aliphatic rings. The number of hydrogen-bond acceptors (Lipinski definition) is 6. The molecule has 2 N–H and O–H groups in total. The summed E-state index contributed by atoms with van der Waals surface area (Å²) in [5, 5.41) is 7.20. The second kappa shape index (κ2) is 7.52. The van der Waals surface area contributed by atoms with E-state index >= 15 is 0 Å². The van der Waals surface area contributed by atoms with Gasteiger partial charge in [-0.1, -0.05) is 12.1 Å². The maximum absolute atomic E-state index is 6.19. The van der Waals surface area contributed by atoms with Crippen molar-refractivity contribution in [2.24, 2.45) is 10.7 Å². The first kappa shape index (κ1) is 16.5. The van der Waals surface area contributed by atoms with Crippen LogP contribution in [0.4, 0.5) is 5.13 Å². The fraction of sp³-hybridized carbons (Fsp3) is 0.294. The standard InChI is InChI=1S/C17H20N8S/c18-16(23-6-8-24(9-7-23)17-20-5-10-26-17)21-11-14-1-3-15(4-2-14)25-13-19-12-22-25/h1-5,10,12-13H,6-9,11H2,(H2,18,21). The lowest BCUT2D eigenvalue weighted by Gasteiger charge is -2.35. The van der Waals surface area contributed by atoms with Crippen LogP contribution in [0.25, 0.3) is 5.69 Å². The average Bonchev–Trinajstić information content (AvgIpc) is 3.40. The van der Waals surface area contributed by atoms with Gasteiger partial charge in [-0.25, -0.2) is 19.6 Å². The van der Waals surface area contributed by atoms with Crippen LogP contribution in [-0.4, -0.2) is 56.8 Å². The number of nitrogens with two attached hydrogens (primary N) is 1. The Balaban J connectivity index is 1.32. The Hall–Kier alpha value is -2.94. The van der Waals surface area contributed by atoms with Crippen LogP contribution in [0, 0.1) is 0 Å². The number of rotatable bonds is 4. The molecule has 26 heavy (non-hydrogen) atoms. The molecular weight excluding hydrogens is 348 g/mol. The van der Waals surface area contributed by atoms with Crippen LogP contribution < -0.4 is 10.6 Å². The number of aromatic nitrogens is 4. The Bertz CT molecular complexity index is 834. The first-order valence-electron chi connectivity index (χ1n) is 8.43. The van der Waals surface area contributed by atoms with Gasteiger partial charge in [-0.05, 0) is 17.7 Å². The molecule has 0 bridgehead atoms. The van der Waals surface area contributed by atoms with Crippen molar-refractivity contribution in [3.05, 3.63) is 54.1 Å². The molecule has 1 saturated heterocycles. The van der Waals surface area contributed by atoms with E-state index in [0.29, 0.717) is 12.5 Å². The highest BCUT2D eigenvalue weighted by Crippen LogP contribution is 2.18. The van der Waals surface area contributed by atoms with Crippen molar-refractivity contribution < 1.29 is 0 Å². The zero-order valence-corrected chi connectivity index (χ0v) is 15.1. The summed E-state index contributed by atoms with van der Waals surface area (Å²) < 4.78 is 1.73. The molecule has 4 rings (SSSR count). The van der Waals surface area contributed by atoms with E-state index in [4.69, 9.17) is 5.73 Å².